The molecule has 14 heteroatoms. The Morgan fingerprint density at radius 3 is 2.49 bits per heavy atom. The van der Waals surface area contributed by atoms with Gasteiger partial charge in [-0.05, 0) is 61.0 Å². The molecule has 3 heterocycles. The molecule has 2 fully saturated rings. The number of anilines is 2. The van der Waals surface area contributed by atoms with E-state index in [1.807, 2.05) is 24.3 Å². The average Bonchev–Trinajstić information content (AvgIpc) is 3.47. The highest BCUT2D eigenvalue weighted by atomic mass is 32.2. The third-order valence-electron chi connectivity index (χ3n) is 7.45. The Balaban J connectivity index is 1.30. The third kappa shape index (κ3) is 5.74. The number of halogens is 2. The average molecular weight is 608 g/mol. The van der Waals surface area contributed by atoms with Gasteiger partial charge in [-0.3, -0.25) is 14.1 Å². The normalized spacial score (nSPS) is 17.6. The monoisotopic (exact) mass is 607 g/mol. The topological polar surface area (TPSA) is 133 Å². The smallest absolute Gasteiger partial charge is 0.301 e. The van der Waals surface area contributed by atoms with Crippen molar-refractivity contribution in [2.45, 2.75) is 12.6 Å². The number of alkyl halides is 1. The van der Waals surface area contributed by atoms with Crippen molar-refractivity contribution in [3.8, 4) is 23.3 Å². The van der Waals surface area contributed by atoms with E-state index in [1.54, 1.807) is 6.07 Å². The summed E-state index contributed by atoms with van der Waals surface area (Å²) in [6.07, 6.45) is 0.201. The van der Waals surface area contributed by atoms with Crippen LogP contribution in [0.4, 0.5) is 20.2 Å². The van der Waals surface area contributed by atoms with Gasteiger partial charge in [0.25, 0.3) is 5.56 Å². The zero-order valence-electron chi connectivity index (χ0n) is 22.8. The Hall–Kier alpha value is -4.58. The van der Waals surface area contributed by atoms with Crippen LogP contribution in [-0.4, -0.2) is 67.7 Å². The van der Waals surface area contributed by atoms with E-state index in [0.29, 0.717) is 11.2 Å². The number of fused-ring (bicyclic) bond motifs is 1. The van der Waals surface area contributed by atoms with Gasteiger partial charge in [-0.25, -0.2) is 13.8 Å². The molecule has 1 aromatic heterocycles. The summed E-state index contributed by atoms with van der Waals surface area (Å²) in [7, 11) is -4.20. The number of nitriles is 1. The molecule has 2 N–H and O–H groups in total. The fraction of sp³-hybridized carbons (Fsp3) is 0.276. The second kappa shape index (κ2) is 11.6. The Morgan fingerprint density at radius 2 is 1.79 bits per heavy atom. The number of nitrogens with one attached hydrogen (secondary N) is 2. The Labute approximate surface area is 246 Å². The molecule has 4 aromatic rings. The van der Waals surface area contributed by atoms with Gasteiger partial charge in [0.05, 0.1) is 22.3 Å². The standard InChI is InChI=1S/C29H27F2N7O4S/c30-19-9-12-37(17-19)43(40,41)35-27-8-6-25(31)28(24(27)16-32)42-22-5-7-26-23(15-22)29(39)38(18-34-26)21-3-1-20(2-4-21)36-13-10-33-11-14-36/h1-8,15,18-19,33,35H,9-14,17H2. The second-order valence-corrected chi connectivity index (χ2v) is 11.9. The number of hydrogen-bond acceptors (Lipinski definition) is 8. The molecule has 11 nitrogen and oxygen atoms in total. The SMILES string of the molecule is N#Cc1c(NS(=O)(=O)N2CCC(F)C2)ccc(F)c1Oc1ccc2ncn(-c3ccc(N4CCNCC4)cc3)c(=O)c2c1. The molecule has 3 aromatic carbocycles. The minimum absolute atomic E-state index is 0.0219. The molecule has 0 radical (unpaired) electrons. The minimum atomic E-state index is -4.20. The fourth-order valence-electron chi connectivity index (χ4n) is 5.18. The summed E-state index contributed by atoms with van der Waals surface area (Å²) in [4.78, 5) is 20.1. The van der Waals surface area contributed by atoms with Gasteiger partial charge < -0.3 is 15.0 Å². The van der Waals surface area contributed by atoms with Crippen molar-refractivity contribution in [3.05, 3.63) is 82.7 Å². The summed E-state index contributed by atoms with van der Waals surface area (Å²) in [5.41, 5.74) is 1.02. The highest BCUT2D eigenvalue weighted by molar-refractivity contribution is 7.90. The number of piperazine rings is 1. The molecular weight excluding hydrogens is 580 g/mol. The summed E-state index contributed by atoms with van der Waals surface area (Å²) in [5.74, 6) is -1.41. The van der Waals surface area contributed by atoms with Crippen LogP contribution in [0.5, 0.6) is 11.5 Å². The van der Waals surface area contributed by atoms with Crippen molar-refractivity contribution in [1.29, 1.82) is 5.26 Å². The fourth-order valence-corrected chi connectivity index (χ4v) is 6.46. The van der Waals surface area contributed by atoms with E-state index in [-0.39, 0.29) is 41.9 Å². The zero-order chi connectivity index (χ0) is 30.1. The highest BCUT2D eigenvalue weighted by Crippen LogP contribution is 2.34. The van der Waals surface area contributed by atoms with E-state index in [0.717, 1.165) is 48.3 Å². The maximum atomic E-state index is 14.9. The van der Waals surface area contributed by atoms with Gasteiger partial charge in [0.1, 0.15) is 29.9 Å². The first kappa shape index (κ1) is 28.5. The van der Waals surface area contributed by atoms with E-state index in [2.05, 4.69) is 19.9 Å². The van der Waals surface area contributed by atoms with Crippen molar-refractivity contribution >= 4 is 32.5 Å². The molecule has 0 spiro atoms. The van der Waals surface area contributed by atoms with Gasteiger partial charge in [0.15, 0.2) is 11.6 Å². The lowest BCUT2D eigenvalue weighted by Crippen LogP contribution is -2.43. The first-order chi connectivity index (χ1) is 20.7. The van der Waals surface area contributed by atoms with Crippen molar-refractivity contribution in [2.24, 2.45) is 0 Å². The van der Waals surface area contributed by atoms with Crippen molar-refractivity contribution < 1.29 is 21.9 Å². The summed E-state index contributed by atoms with van der Waals surface area (Å²) in [5, 5.41) is 13.3. The zero-order valence-corrected chi connectivity index (χ0v) is 23.7. The van der Waals surface area contributed by atoms with Crippen LogP contribution < -0.4 is 25.2 Å². The van der Waals surface area contributed by atoms with Crippen LogP contribution in [0, 0.1) is 17.1 Å². The largest absolute Gasteiger partial charge is 0.453 e. The second-order valence-electron chi connectivity index (χ2n) is 10.2. The summed E-state index contributed by atoms with van der Waals surface area (Å²) in [6.45, 7) is 3.25. The first-order valence-electron chi connectivity index (χ1n) is 13.6. The molecule has 2 aliphatic heterocycles. The third-order valence-corrected chi connectivity index (χ3v) is 8.94. The summed E-state index contributed by atoms with van der Waals surface area (Å²) < 4.78 is 64.3. The van der Waals surface area contributed by atoms with Crippen LogP contribution in [0.25, 0.3) is 16.6 Å². The molecule has 6 rings (SSSR count). The molecule has 1 unspecified atom stereocenters. The summed E-state index contributed by atoms with van der Waals surface area (Å²) in [6, 6.07) is 15.8. The van der Waals surface area contributed by atoms with Gasteiger partial charge in [0.2, 0.25) is 0 Å². The van der Waals surface area contributed by atoms with Gasteiger partial charge in [-0.15, -0.1) is 0 Å². The Kier molecular flexibility index (Phi) is 7.70. The van der Waals surface area contributed by atoms with Gasteiger partial charge in [0, 0.05) is 45.0 Å². The van der Waals surface area contributed by atoms with Gasteiger partial charge in [-0.2, -0.15) is 18.0 Å². The lowest BCUT2D eigenvalue weighted by atomic mass is 10.1. The summed E-state index contributed by atoms with van der Waals surface area (Å²) >= 11 is 0. The number of rotatable bonds is 7. The number of ether oxygens (including phenoxy) is 1. The minimum Gasteiger partial charge on any atom is -0.453 e. The van der Waals surface area contributed by atoms with Crippen LogP contribution in [0.2, 0.25) is 0 Å². The lowest BCUT2D eigenvalue weighted by molar-refractivity contribution is 0.343. The molecule has 0 bridgehead atoms. The molecule has 0 saturated carbocycles. The lowest BCUT2D eigenvalue weighted by Gasteiger charge is -2.29. The van der Waals surface area contributed by atoms with Crippen LogP contribution in [0.15, 0.2) is 65.7 Å². The van der Waals surface area contributed by atoms with Crippen molar-refractivity contribution in [3.63, 3.8) is 0 Å². The van der Waals surface area contributed by atoms with E-state index >= 15 is 0 Å². The first-order valence-corrected chi connectivity index (χ1v) is 15.1. The van der Waals surface area contributed by atoms with E-state index in [4.69, 9.17) is 4.74 Å². The van der Waals surface area contributed by atoms with Gasteiger partial charge in [-0.1, -0.05) is 0 Å². The molecule has 1 atom stereocenters. The van der Waals surface area contributed by atoms with Crippen LogP contribution in [0.1, 0.15) is 12.0 Å². The van der Waals surface area contributed by atoms with E-state index < -0.39 is 33.5 Å². The van der Waals surface area contributed by atoms with Crippen molar-refractivity contribution in [2.75, 3.05) is 48.9 Å². The number of benzene rings is 3. The molecule has 0 amide bonds. The van der Waals surface area contributed by atoms with Crippen molar-refractivity contribution in [1.82, 2.24) is 19.2 Å². The molecule has 43 heavy (non-hydrogen) atoms. The maximum absolute atomic E-state index is 14.9. The number of hydrogen-bond donors (Lipinski definition) is 2. The molecule has 2 saturated heterocycles. The maximum Gasteiger partial charge on any atom is 0.301 e. The molecule has 222 valence electrons. The molecular formula is C29H27F2N7O4S. The molecule has 0 aliphatic carbocycles. The van der Waals surface area contributed by atoms with Gasteiger partial charge >= 0.3 is 10.2 Å². The Morgan fingerprint density at radius 1 is 1.05 bits per heavy atom. The van der Waals surface area contributed by atoms with Crippen LogP contribution in [-0.2, 0) is 10.2 Å². The Bertz CT molecular complexity index is 1890. The molecule has 2 aliphatic rings. The van der Waals surface area contributed by atoms with E-state index in [9.17, 15) is 27.3 Å². The van der Waals surface area contributed by atoms with Crippen LogP contribution >= 0.6 is 0 Å². The predicted octanol–water partition coefficient (Wildman–Crippen LogP) is 3.30. The van der Waals surface area contributed by atoms with E-state index in [1.165, 1.54) is 29.1 Å². The predicted molar refractivity (Wildman–Crippen MR) is 157 cm³/mol. The van der Waals surface area contributed by atoms with Crippen LogP contribution in [0.3, 0.4) is 0 Å². The number of nitrogens with zero attached hydrogens (tertiary/aromatic N) is 5. The highest BCUT2D eigenvalue weighted by Gasteiger charge is 2.32. The number of aromatic nitrogens is 2. The quantitative estimate of drug-likeness (QED) is 0.327.